The summed E-state index contributed by atoms with van der Waals surface area (Å²) in [6.45, 7) is 9.02. The third-order valence-corrected chi connectivity index (χ3v) is 5.07. The van der Waals surface area contributed by atoms with Gasteiger partial charge in [-0.15, -0.1) is 0 Å². The Hall–Kier alpha value is -2.13. The summed E-state index contributed by atoms with van der Waals surface area (Å²) in [5.41, 5.74) is 10.5. The largest absolute Gasteiger partial charge is 0.419 e. The molecule has 2 aromatic carbocycles. The lowest BCUT2D eigenvalue weighted by molar-refractivity contribution is 0.175. The number of hydrogen-bond acceptors (Lipinski definition) is 1. The lowest BCUT2D eigenvalue weighted by atomic mass is 9.97. The van der Waals surface area contributed by atoms with Gasteiger partial charge in [0.05, 0.1) is 0 Å². The number of primary amides is 1. The van der Waals surface area contributed by atoms with Gasteiger partial charge in [-0.1, -0.05) is 62.4 Å². The van der Waals surface area contributed by atoms with Crippen molar-refractivity contribution in [3.63, 3.8) is 0 Å². The highest BCUT2D eigenvalue weighted by molar-refractivity contribution is 5.88. The van der Waals surface area contributed by atoms with E-state index in [0.717, 1.165) is 35.2 Å². The van der Waals surface area contributed by atoms with Crippen LogP contribution in [0.15, 0.2) is 48.5 Å². The third kappa shape index (κ3) is 3.22. The standard InChI is InChI=1S/C21H28N2O/c1-5-19(6-2)23(21(22)24,15-18-13-8-7-9-14-18)20-16(3)11-10-12-17(20)4/h7-14,19H,5-6,15H2,1-4H3,(H-,22,24)/p+1. The molecule has 2 aromatic rings. The molecule has 0 aromatic heterocycles. The van der Waals surface area contributed by atoms with E-state index in [4.69, 9.17) is 5.73 Å². The minimum Gasteiger partial charge on any atom is -0.319 e. The number of carbonyl (C=O) groups excluding carboxylic acids is 1. The van der Waals surface area contributed by atoms with Crippen LogP contribution in [0.25, 0.3) is 0 Å². The van der Waals surface area contributed by atoms with Crippen LogP contribution in [0, 0.1) is 13.8 Å². The highest BCUT2D eigenvalue weighted by Gasteiger charge is 2.45. The van der Waals surface area contributed by atoms with Crippen molar-refractivity contribution in [1.29, 1.82) is 0 Å². The Morgan fingerprint density at radius 1 is 0.958 bits per heavy atom. The lowest BCUT2D eigenvalue weighted by Gasteiger charge is -2.41. The molecule has 2 rings (SSSR count). The zero-order valence-electron chi connectivity index (χ0n) is 15.3. The SMILES string of the molecule is CCC(CC)[N+](Cc1ccccc1)(C(N)=O)c1c(C)cccc1C. The molecule has 24 heavy (non-hydrogen) atoms. The van der Waals surface area contributed by atoms with Crippen molar-refractivity contribution < 1.29 is 4.79 Å². The molecule has 2 N–H and O–H groups in total. The fourth-order valence-electron chi connectivity index (χ4n) is 3.98. The fourth-order valence-corrected chi connectivity index (χ4v) is 3.98. The first-order valence-corrected chi connectivity index (χ1v) is 8.75. The summed E-state index contributed by atoms with van der Waals surface area (Å²) in [6.07, 6.45) is 1.81. The van der Waals surface area contributed by atoms with Crippen molar-refractivity contribution in [3.05, 3.63) is 65.2 Å². The lowest BCUT2D eigenvalue weighted by Crippen LogP contribution is -2.62. The van der Waals surface area contributed by atoms with Crippen LogP contribution in [0.2, 0.25) is 0 Å². The summed E-state index contributed by atoms with van der Waals surface area (Å²) in [5.74, 6) is 0. The minimum absolute atomic E-state index is 0.155. The number of carbonyl (C=O) groups is 1. The van der Waals surface area contributed by atoms with Crippen molar-refractivity contribution in [1.82, 2.24) is 4.48 Å². The van der Waals surface area contributed by atoms with Crippen LogP contribution in [0.5, 0.6) is 0 Å². The predicted octanol–water partition coefficient (Wildman–Crippen LogP) is 5.08. The summed E-state index contributed by atoms with van der Waals surface area (Å²) in [5, 5.41) is 0. The van der Waals surface area contributed by atoms with Gasteiger partial charge >= 0.3 is 6.03 Å². The minimum atomic E-state index is -0.273. The Morgan fingerprint density at radius 3 is 1.96 bits per heavy atom. The van der Waals surface area contributed by atoms with Gasteiger partial charge in [0.1, 0.15) is 18.3 Å². The highest BCUT2D eigenvalue weighted by atomic mass is 16.2. The second-order valence-electron chi connectivity index (χ2n) is 6.56. The molecule has 0 aliphatic rings. The van der Waals surface area contributed by atoms with E-state index in [2.05, 4.69) is 52.0 Å². The second-order valence-corrected chi connectivity index (χ2v) is 6.56. The van der Waals surface area contributed by atoms with Gasteiger partial charge in [0, 0.05) is 16.7 Å². The van der Waals surface area contributed by atoms with E-state index in [9.17, 15) is 4.79 Å². The Labute approximate surface area is 145 Å². The molecule has 3 nitrogen and oxygen atoms in total. The van der Waals surface area contributed by atoms with E-state index in [-0.39, 0.29) is 16.6 Å². The molecule has 0 saturated heterocycles. The zero-order valence-corrected chi connectivity index (χ0v) is 15.3. The molecule has 0 aliphatic heterocycles. The number of urea groups is 1. The van der Waals surface area contributed by atoms with Crippen molar-refractivity contribution >= 4 is 11.7 Å². The van der Waals surface area contributed by atoms with E-state index in [0.29, 0.717) is 6.54 Å². The average Bonchev–Trinajstić information content (AvgIpc) is 2.56. The third-order valence-electron chi connectivity index (χ3n) is 5.07. The Bertz CT molecular complexity index is 672. The first kappa shape index (κ1) is 18.2. The first-order valence-electron chi connectivity index (χ1n) is 8.75. The van der Waals surface area contributed by atoms with E-state index in [1.807, 2.05) is 24.3 Å². The number of aryl methyl sites for hydroxylation is 2. The van der Waals surface area contributed by atoms with Crippen LogP contribution < -0.4 is 10.2 Å². The van der Waals surface area contributed by atoms with Gasteiger partial charge in [-0.3, -0.25) is 0 Å². The number of nitrogens with two attached hydrogens (primary N) is 1. The highest BCUT2D eigenvalue weighted by Crippen LogP contribution is 2.37. The quantitative estimate of drug-likeness (QED) is 0.740. The summed E-state index contributed by atoms with van der Waals surface area (Å²) < 4.78 is 0.190. The van der Waals surface area contributed by atoms with Gasteiger partial charge in [-0.05, 0) is 26.7 Å². The molecule has 2 amide bonds. The van der Waals surface area contributed by atoms with Crippen LogP contribution in [-0.4, -0.2) is 12.1 Å². The maximum absolute atomic E-state index is 12.9. The molecule has 0 aliphatic carbocycles. The van der Waals surface area contributed by atoms with Crippen LogP contribution >= 0.6 is 0 Å². The molecule has 0 heterocycles. The van der Waals surface area contributed by atoms with E-state index in [1.165, 1.54) is 0 Å². The number of quaternary nitrogens is 1. The molecule has 3 heteroatoms. The molecule has 0 saturated carbocycles. The molecule has 0 radical (unpaired) electrons. The number of benzene rings is 2. The van der Waals surface area contributed by atoms with Gasteiger partial charge in [0.2, 0.25) is 0 Å². The molecular formula is C21H29N2O+. The molecule has 0 fully saturated rings. The second kappa shape index (κ2) is 7.63. The summed E-state index contributed by atoms with van der Waals surface area (Å²) in [4.78, 5) is 12.9. The topological polar surface area (TPSA) is 43.1 Å². The van der Waals surface area contributed by atoms with Gasteiger partial charge in [0.15, 0.2) is 0 Å². The van der Waals surface area contributed by atoms with E-state index < -0.39 is 0 Å². The summed E-state index contributed by atoms with van der Waals surface area (Å²) in [7, 11) is 0. The van der Waals surface area contributed by atoms with Crippen molar-refractivity contribution in [2.75, 3.05) is 0 Å². The smallest absolute Gasteiger partial charge is 0.319 e. The van der Waals surface area contributed by atoms with Crippen molar-refractivity contribution in [2.45, 2.75) is 53.1 Å². The van der Waals surface area contributed by atoms with Gasteiger partial charge in [0.25, 0.3) is 0 Å². The molecule has 128 valence electrons. The summed E-state index contributed by atoms with van der Waals surface area (Å²) >= 11 is 0. The number of nitrogens with zero attached hydrogens (tertiary/aromatic N) is 1. The maximum Gasteiger partial charge on any atom is 0.419 e. The molecule has 1 atom stereocenters. The Morgan fingerprint density at radius 2 is 1.50 bits per heavy atom. The average molecular weight is 325 g/mol. The molecular weight excluding hydrogens is 296 g/mol. The predicted molar refractivity (Wildman–Crippen MR) is 102 cm³/mol. The van der Waals surface area contributed by atoms with Crippen molar-refractivity contribution in [3.8, 4) is 0 Å². The summed E-state index contributed by atoms with van der Waals surface area (Å²) in [6, 6.07) is 16.3. The molecule has 1 unspecified atom stereocenters. The van der Waals surface area contributed by atoms with Crippen molar-refractivity contribution in [2.24, 2.45) is 5.73 Å². The van der Waals surface area contributed by atoms with Crippen LogP contribution in [-0.2, 0) is 6.54 Å². The number of hydrogen-bond donors (Lipinski definition) is 1. The zero-order chi connectivity index (χ0) is 17.7. The Kier molecular flexibility index (Phi) is 5.79. The monoisotopic (exact) mass is 325 g/mol. The van der Waals surface area contributed by atoms with Crippen LogP contribution in [0.3, 0.4) is 0 Å². The van der Waals surface area contributed by atoms with Crippen LogP contribution in [0.4, 0.5) is 10.5 Å². The number of para-hydroxylation sites is 1. The first-order chi connectivity index (χ1) is 11.5. The maximum atomic E-state index is 12.9. The number of rotatable bonds is 6. The van der Waals surface area contributed by atoms with E-state index >= 15 is 0 Å². The molecule has 0 spiro atoms. The van der Waals surface area contributed by atoms with Gasteiger partial charge in [-0.25, -0.2) is 9.28 Å². The van der Waals surface area contributed by atoms with E-state index in [1.54, 1.807) is 0 Å². The fraction of sp³-hybridized carbons (Fsp3) is 0.381. The molecule has 0 bridgehead atoms. The van der Waals surface area contributed by atoms with Gasteiger partial charge in [-0.2, -0.15) is 0 Å². The van der Waals surface area contributed by atoms with Gasteiger partial charge < -0.3 is 5.73 Å². The van der Waals surface area contributed by atoms with Crippen LogP contribution in [0.1, 0.15) is 43.4 Å². The normalized spacial score (nSPS) is 13.7. The Balaban J connectivity index is 2.73. The number of amides is 2.